The van der Waals surface area contributed by atoms with Crippen LogP contribution in [-0.4, -0.2) is 41.1 Å². The Balaban J connectivity index is 2.00. The maximum absolute atomic E-state index is 12.0. The van der Waals surface area contributed by atoms with Crippen molar-refractivity contribution in [1.82, 2.24) is 4.90 Å². The van der Waals surface area contributed by atoms with Gasteiger partial charge in [0, 0.05) is 13.1 Å². The molecule has 96 valence electrons. The highest BCUT2D eigenvalue weighted by molar-refractivity contribution is 5.85. The van der Waals surface area contributed by atoms with Gasteiger partial charge in [-0.3, -0.25) is 9.59 Å². The van der Waals surface area contributed by atoms with Crippen LogP contribution < -0.4 is 0 Å². The number of ether oxygens (including phenoxy) is 1. The van der Waals surface area contributed by atoms with Gasteiger partial charge in [-0.2, -0.15) is 0 Å². The van der Waals surface area contributed by atoms with Gasteiger partial charge in [0.15, 0.2) is 0 Å². The van der Waals surface area contributed by atoms with Gasteiger partial charge >= 0.3 is 5.97 Å². The van der Waals surface area contributed by atoms with Gasteiger partial charge in [-0.1, -0.05) is 30.3 Å². The third kappa shape index (κ3) is 3.07. The number of carboxylic acid groups (broad SMARTS) is 1. The topological polar surface area (TPSA) is 66.8 Å². The number of carbonyl (C=O) groups is 2. The molecular formula is C13H15NO4. The lowest BCUT2D eigenvalue weighted by molar-refractivity contribution is -0.160. The zero-order chi connectivity index (χ0) is 13.0. The number of morpholine rings is 1. The molecule has 5 heteroatoms. The molecule has 2 rings (SSSR count). The summed E-state index contributed by atoms with van der Waals surface area (Å²) in [5.74, 6) is -1.26. The van der Waals surface area contributed by atoms with Crippen molar-refractivity contribution in [2.24, 2.45) is 0 Å². The van der Waals surface area contributed by atoms with E-state index < -0.39 is 12.1 Å². The van der Waals surface area contributed by atoms with Crippen molar-refractivity contribution in [2.45, 2.75) is 19.1 Å². The SMILES string of the molecule is O=C(O)CC1OCCN(Cc2ccccc2)C1=O. The summed E-state index contributed by atoms with van der Waals surface area (Å²) in [4.78, 5) is 24.3. The third-order valence-electron chi connectivity index (χ3n) is 2.84. The summed E-state index contributed by atoms with van der Waals surface area (Å²) in [5, 5.41) is 8.71. The first-order valence-electron chi connectivity index (χ1n) is 5.83. The number of rotatable bonds is 4. The van der Waals surface area contributed by atoms with Gasteiger partial charge in [0.2, 0.25) is 0 Å². The molecule has 1 saturated heterocycles. The van der Waals surface area contributed by atoms with Crippen LogP contribution in [0.15, 0.2) is 30.3 Å². The fraction of sp³-hybridized carbons (Fsp3) is 0.385. The van der Waals surface area contributed by atoms with E-state index in [2.05, 4.69) is 0 Å². The first-order valence-corrected chi connectivity index (χ1v) is 5.83. The summed E-state index contributed by atoms with van der Waals surface area (Å²) in [6, 6.07) is 9.62. The summed E-state index contributed by atoms with van der Waals surface area (Å²) in [7, 11) is 0. The van der Waals surface area contributed by atoms with Crippen LogP contribution >= 0.6 is 0 Å². The average Bonchev–Trinajstić information content (AvgIpc) is 2.35. The molecule has 1 N–H and O–H groups in total. The van der Waals surface area contributed by atoms with Crippen LogP contribution in [0, 0.1) is 0 Å². The summed E-state index contributed by atoms with van der Waals surface area (Å²) >= 11 is 0. The van der Waals surface area contributed by atoms with E-state index in [4.69, 9.17) is 9.84 Å². The van der Waals surface area contributed by atoms with Crippen LogP contribution in [0.4, 0.5) is 0 Å². The van der Waals surface area contributed by atoms with Crippen LogP contribution in [0.1, 0.15) is 12.0 Å². The predicted molar refractivity (Wildman–Crippen MR) is 63.9 cm³/mol. The van der Waals surface area contributed by atoms with Crippen molar-refractivity contribution in [3.05, 3.63) is 35.9 Å². The number of hydrogen-bond acceptors (Lipinski definition) is 3. The molecule has 0 bridgehead atoms. The third-order valence-corrected chi connectivity index (χ3v) is 2.84. The zero-order valence-electron chi connectivity index (χ0n) is 9.91. The standard InChI is InChI=1S/C13H15NO4/c15-12(16)8-11-13(17)14(6-7-18-11)9-10-4-2-1-3-5-10/h1-5,11H,6-9H2,(H,15,16). The molecule has 1 atom stereocenters. The smallest absolute Gasteiger partial charge is 0.306 e. The van der Waals surface area contributed by atoms with E-state index >= 15 is 0 Å². The Bertz CT molecular complexity index is 432. The Labute approximate surface area is 105 Å². The van der Waals surface area contributed by atoms with Gasteiger partial charge in [-0.15, -0.1) is 0 Å². The van der Waals surface area contributed by atoms with Crippen LogP contribution in [0.5, 0.6) is 0 Å². The fourth-order valence-corrected chi connectivity index (χ4v) is 1.96. The number of nitrogens with zero attached hydrogens (tertiary/aromatic N) is 1. The lowest BCUT2D eigenvalue weighted by Gasteiger charge is -2.31. The molecule has 1 aromatic carbocycles. The molecule has 1 aliphatic heterocycles. The Morgan fingerprint density at radius 2 is 2.11 bits per heavy atom. The second-order valence-corrected chi connectivity index (χ2v) is 4.20. The summed E-state index contributed by atoms with van der Waals surface area (Å²) in [6.07, 6.45) is -1.12. The highest BCUT2D eigenvalue weighted by Crippen LogP contribution is 2.14. The zero-order valence-corrected chi connectivity index (χ0v) is 9.91. The van der Waals surface area contributed by atoms with E-state index in [1.807, 2.05) is 30.3 Å². The van der Waals surface area contributed by atoms with Crippen LogP contribution in [0.25, 0.3) is 0 Å². The van der Waals surface area contributed by atoms with Crippen molar-refractivity contribution in [2.75, 3.05) is 13.2 Å². The quantitative estimate of drug-likeness (QED) is 0.860. The molecule has 1 aliphatic rings. The van der Waals surface area contributed by atoms with Gasteiger partial charge in [-0.25, -0.2) is 0 Å². The van der Waals surface area contributed by atoms with E-state index in [0.29, 0.717) is 19.7 Å². The molecule has 0 saturated carbocycles. The molecule has 1 heterocycles. The van der Waals surface area contributed by atoms with Crippen molar-refractivity contribution < 1.29 is 19.4 Å². The average molecular weight is 249 g/mol. The molecule has 18 heavy (non-hydrogen) atoms. The Kier molecular flexibility index (Phi) is 3.94. The number of hydrogen-bond donors (Lipinski definition) is 1. The lowest BCUT2D eigenvalue weighted by Crippen LogP contribution is -2.47. The Morgan fingerprint density at radius 3 is 2.78 bits per heavy atom. The predicted octanol–water partition coefficient (Wildman–Crippen LogP) is 0.889. The number of amides is 1. The van der Waals surface area contributed by atoms with Gasteiger partial charge in [0.25, 0.3) is 5.91 Å². The van der Waals surface area contributed by atoms with Crippen molar-refractivity contribution in [3.8, 4) is 0 Å². The monoisotopic (exact) mass is 249 g/mol. The van der Waals surface area contributed by atoms with Gasteiger partial charge in [0.1, 0.15) is 6.10 Å². The minimum atomic E-state index is -1.02. The van der Waals surface area contributed by atoms with Crippen molar-refractivity contribution in [3.63, 3.8) is 0 Å². The van der Waals surface area contributed by atoms with Gasteiger partial charge < -0.3 is 14.7 Å². The molecule has 0 radical (unpaired) electrons. The van der Waals surface area contributed by atoms with E-state index in [1.165, 1.54) is 0 Å². The molecular weight excluding hydrogens is 234 g/mol. The Hall–Kier alpha value is -1.88. The second kappa shape index (κ2) is 5.64. The second-order valence-electron chi connectivity index (χ2n) is 4.20. The summed E-state index contributed by atoms with van der Waals surface area (Å²) in [5.41, 5.74) is 1.03. The minimum Gasteiger partial charge on any atom is -0.481 e. The number of carboxylic acids is 1. The number of aliphatic carboxylic acids is 1. The molecule has 1 aromatic rings. The summed E-state index contributed by atoms with van der Waals surface area (Å²) < 4.78 is 5.20. The lowest BCUT2D eigenvalue weighted by atomic mass is 10.1. The molecule has 0 spiro atoms. The van der Waals surface area contributed by atoms with E-state index in [0.717, 1.165) is 5.56 Å². The Morgan fingerprint density at radius 1 is 1.39 bits per heavy atom. The minimum absolute atomic E-state index is 0.243. The van der Waals surface area contributed by atoms with Crippen LogP contribution in [0.2, 0.25) is 0 Å². The highest BCUT2D eigenvalue weighted by Gasteiger charge is 2.31. The van der Waals surface area contributed by atoms with Gasteiger partial charge in [-0.05, 0) is 5.56 Å². The fourth-order valence-electron chi connectivity index (χ4n) is 1.96. The molecule has 1 amide bonds. The van der Waals surface area contributed by atoms with Crippen molar-refractivity contribution >= 4 is 11.9 Å². The normalized spacial score (nSPS) is 19.9. The molecule has 0 aromatic heterocycles. The molecule has 5 nitrogen and oxygen atoms in total. The van der Waals surface area contributed by atoms with Crippen LogP contribution in [0.3, 0.4) is 0 Å². The first-order chi connectivity index (χ1) is 8.66. The molecule has 0 aliphatic carbocycles. The van der Waals surface area contributed by atoms with Crippen molar-refractivity contribution in [1.29, 1.82) is 0 Å². The van der Waals surface area contributed by atoms with E-state index in [9.17, 15) is 9.59 Å². The van der Waals surface area contributed by atoms with Crippen LogP contribution in [-0.2, 0) is 20.9 Å². The number of carbonyl (C=O) groups excluding carboxylic acids is 1. The maximum Gasteiger partial charge on any atom is 0.306 e. The molecule has 1 unspecified atom stereocenters. The van der Waals surface area contributed by atoms with E-state index in [-0.39, 0.29) is 12.3 Å². The first kappa shape index (κ1) is 12.6. The number of benzene rings is 1. The molecule has 1 fully saturated rings. The highest BCUT2D eigenvalue weighted by atomic mass is 16.5. The maximum atomic E-state index is 12.0. The largest absolute Gasteiger partial charge is 0.481 e. The van der Waals surface area contributed by atoms with Gasteiger partial charge in [0.05, 0.1) is 13.0 Å². The summed E-state index contributed by atoms with van der Waals surface area (Å²) in [6.45, 7) is 1.39. The van der Waals surface area contributed by atoms with E-state index in [1.54, 1.807) is 4.90 Å².